The van der Waals surface area contributed by atoms with Crippen LogP contribution in [-0.4, -0.2) is 67.5 Å². The number of hydrogen-bond acceptors (Lipinski definition) is 6. The molecule has 8 heteroatoms. The number of hydrogen-bond donors (Lipinski definition) is 0. The molecule has 0 aliphatic carbocycles. The summed E-state index contributed by atoms with van der Waals surface area (Å²) >= 11 is 0. The summed E-state index contributed by atoms with van der Waals surface area (Å²) in [6.45, 7) is 2.90. The first-order chi connectivity index (χ1) is 8.06. The molecule has 0 saturated heterocycles. The first kappa shape index (κ1) is 17.1. The van der Waals surface area contributed by atoms with Crippen LogP contribution in [0.5, 0.6) is 0 Å². The molecule has 0 atom stereocenters. The molecule has 0 aliphatic heterocycles. The van der Waals surface area contributed by atoms with E-state index >= 15 is 0 Å². The van der Waals surface area contributed by atoms with Crippen LogP contribution >= 0.6 is 10.7 Å². The Morgan fingerprint density at radius 2 is 1.24 bits per heavy atom. The lowest BCUT2D eigenvalue weighted by molar-refractivity contribution is 0.00557. The van der Waals surface area contributed by atoms with Crippen molar-refractivity contribution in [3.8, 4) is 0 Å². The summed E-state index contributed by atoms with van der Waals surface area (Å²) in [6, 6.07) is 0. The number of halogens is 1. The molecule has 0 aromatic rings. The molecule has 0 bridgehead atoms. The SMILES string of the molecule is COCCOCCOCCOCCS(=O)(=O)Cl. The van der Waals surface area contributed by atoms with Crippen molar-refractivity contribution in [2.45, 2.75) is 0 Å². The minimum atomic E-state index is -3.46. The van der Waals surface area contributed by atoms with Gasteiger partial charge in [-0.3, -0.25) is 0 Å². The number of rotatable bonds is 12. The Bertz CT molecular complexity index is 256. The average molecular weight is 291 g/mol. The van der Waals surface area contributed by atoms with E-state index in [4.69, 9.17) is 29.6 Å². The van der Waals surface area contributed by atoms with E-state index in [1.807, 2.05) is 0 Å². The molecule has 0 saturated carbocycles. The van der Waals surface area contributed by atoms with Crippen LogP contribution in [0.1, 0.15) is 0 Å². The summed E-state index contributed by atoms with van der Waals surface area (Å²) in [7, 11) is 3.14. The lowest BCUT2D eigenvalue weighted by Gasteiger charge is -2.06. The van der Waals surface area contributed by atoms with E-state index in [2.05, 4.69) is 0 Å². The van der Waals surface area contributed by atoms with Gasteiger partial charge in [-0.15, -0.1) is 0 Å². The van der Waals surface area contributed by atoms with Crippen molar-refractivity contribution in [2.24, 2.45) is 0 Å². The topological polar surface area (TPSA) is 71.1 Å². The number of methoxy groups -OCH3 is 1. The van der Waals surface area contributed by atoms with Gasteiger partial charge in [0.15, 0.2) is 0 Å². The molecule has 0 radical (unpaired) electrons. The molecule has 17 heavy (non-hydrogen) atoms. The normalized spacial score (nSPS) is 11.9. The molecule has 0 heterocycles. The molecule has 0 N–H and O–H groups in total. The third-order valence-corrected chi connectivity index (χ3v) is 2.76. The Kier molecular flexibility index (Phi) is 11.2. The van der Waals surface area contributed by atoms with E-state index in [9.17, 15) is 8.42 Å². The fourth-order valence-corrected chi connectivity index (χ4v) is 1.35. The van der Waals surface area contributed by atoms with Gasteiger partial charge in [-0.05, 0) is 0 Å². The third kappa shape index (κ3) is 16.1. The van der Waals surface area contributed by atoms with Crippen molar-refractivity contribution in [1.29, 1.82) is 0 Å². The second-order valence-electron chi connectivity index (χ2n) is 3.07. The second-order valence-corrected chi connectivity index (χ2v) is 5.97. The van der Waals surface area contributed by atoms with Crippen LogP contribution in [0.25, 0.3) is 0 Å². The molecule has 0 aromatic heterocycles. The van der Waals surface area contributed by atoms with Gasteiger partial charge in [0, 0.05) is 17.8 Å². The van der Waals surface area contributed by atoms with E-state index in [1.165, 1.54) is 0 Å². The molecule has 6 nitrogen and oxygen atoms in total. The zero-order valence-corrected chi connectivity index (χ0v) is 11.5. The highest BCUT2D eigenvalue weighted by Crippen LogP contribution is 1.95. The standard InChI is InChI=1S/C9H19ClO6S/c1-13-2-3-14-4-5-15-6-7-16-8-9-17(10,11)12/h2-9H2,1H3. The molecule has 0 rings (SSSR count). The average Bonchev–Trinajstić information content (AvgIpc) is 2.24. The molecule has 0 aromatic carbocycles. The highest BCUT2D eigenvalue weighted by molar-refractivity contribution is 8.13. The van der Waals surface area contributed by atoms with Gasteiger partial charge in [-0.1, -0.05) is 0 Å². The van der Waals surface area contributed by atoms with Crippen LogP contribution in [0, 0.1) is 0 Å². The van der Waals surface area contributed by atoms with Gasteiger partial charge in [0.1, 0.15) is 0 Å². The zero-order valence-electron chi connectivity index (χ0n) is 9.89. The second kappa shape index (κ2) is 11.2. The largest absolute Gasteiger partial charge is 0.382 e. The van der Waals surface area contributed by atoms with E-state index in [0.717, 1.165) is 0 Å². The maximum Gasteiger partial charge on any atom is 0.234 e. The monoisotopic (exact) mass is 290 g/mol. The molecule has 0 fully saturated rings. The smallest absolute Gasteiger partial charge is 0.234 e. The highest BCUT2D eigenvalue weighted by atomic mass is 35.7. The Hall–Kier alpha value is 0.0800. The Labute approximate surface area is 107 Å². The van der Waals surface area contributed by atoms with Crippen LogP contribution in [0.3, 0.4) is 0 Å². The van der Waals surface area contributed by atoms with Crippen molar-refractivity contribution in [2.75, 3.05) is 59.1 Å². The van der Waals surface area contributed by atoms with Crippen molar-refractivity contribution >= 4 is 19.7 Å². The lowest BCUT2D eigenvalue weighted by atomic mass is 10.7. The first-order valence-corrected chi connectivity index (χ1v) is 7.68. The van der Waals surface area contributed by atoms with E-state index < -0.39 is 9.05 Å². The van der Waals surface area contributed by atoms with Crippen molar-refractivity contribution in [1.82, 2.24) is 0 Å². The molecule has 0 spiro atoms. The summed E-state index contributed by atoms with van der Waals surface area (Å²) in [5.41, 5.74) is 0. The van der Waals surface area contributed by atoms with Gasteiger partial charge in [-0.2, -0.15) is 0 Å². The van der Waals surface area contributed by atoms with Crippen LogP contribution in [-0.2, 0) is 28.0 Å². The quantitative estimate of drug-likeness (QED) is 0.379. The van der Waals surface area contributed by atoms with Gasteiger partial charge < -0.3 is 18.9 Å². The van der Waals surface area contributed by atoms with Crippen LogP contribution < -0.4 is 0 Å². The Morgan fingerprint density at radius 3 is 1.65 bits per heavy atom. The maximum atomic E-state index is 10.5. The van der Waals surface area contributed by atoms with Gasteiger partial charge >= 0.3 is 0 Å². The van der Waals surface area contributed by atoms with Crippen LogP contribution in [0.15, 0.2) is 0 Å². The Morgan fingerprint density at radius 1 is 0.824 bits per heavy atom. The lowest BCUT2D eigenvalue weighted by Crippen LogP contribution is -2.13. The minimum Gasteiger partial charge on any atom is -0.382 e. The molecule has 104 valence electrons. The summed E-state index contributed by atoms with van der Waals surface area (Å²) in [5.74, 6) is -0.186. The minimum absolute atomic E-state index is 0.0829. The molecular weight excluding hydrogens is 272 g/mol. The van der Waals surface area contributed by atoms with Crippen molar-refractivity contribution in [3.05, 3.63) is 0 Å². The van der Waals surface area contributed by atoms with Gasteiger partial charge in [-0.25, -0.2) is 8.42 Å². The summed E-state index contributed by atoms with van der Waals surface area (Å²) in [6.07, 6.45) is 0. The Balaban J connectivity index is 3.04. The van der Waals surface area contributed by atoms with Crippen LogP contribution in [0.4, 0.5) is 0 Å². The van der Waals surface area contributed by atoms with E-state index in [1.54, 1.807) is 7.11 Å². The fourth-order valence-electron chi connectivity index (χ4n) is 0.843. The predicted molar refractivity (Wildman–Crippen MR) is 64.0 cm³/mol. The molecule has 0 unspecified atom stereocenters. The van der Waals surface area contributed by atoms with E-state index in [0.29, 0.717) is 39.6 Å². The van der Waals surface area contributed by atoms with Gasteiger partial charge in [0.2, 0.25) is 9.05 Å². The van der Waals surface area contributed by atoms with Crippen LogP contribution in [0.2, 0.25) is 0 Å². The number of ether oxygens (including phenoxy) is 4. The maximum absolute atomic E-state index is 10.5. The predicted octanol–water partition coefficient (Wildman–Crippen LogP) is 0.251. The highest BCUT2D eigenvalue weighted by Gasteiger charge is 2.03. The summed E-state index contributed by atoms with van der Waals surface area (Å²) < 4.78 is 41.2. The molecule has 0 aliphatic rings. The first-order valence-electron chi connectivity index (χ1n) is 5.21. The van der Waals surface area contributed by atoms with Gasteiger partial charge in [0.25, 0.3) is 0 Å². The van der Waals surface area contributed by atoms with Gasteiger partial charge in [0.05, 0.1) is 52.0 Å². The molecule has 0 amide bonds. The third-order valence-electron chi connectivity index (χ3n) is 1.65. The van der Waals surface area contributed by atoms with Crippen molar-refractivity contribution in [3.63, 3.8) is 0 Å². The molecular formula is C9H19ClO6S. The fraction of sp³-hybridized carbons (Fsp3) is 1.00. The van der Waals surface area contributed by atoms with Crippen molar-refractivity contribution < 1.29 is 27.4 Å². The summed E-state index contributed by atoms with van der Waals surface area (Å²) in [4.78, 5) is 0. The summed E-state index contributed by atoms with van der Waals surface area (Å²) in [5, 5.41) is 0. The zero-order chi connectivity index (χ0) is 13.0. The van der Waals surface area contributed by atoms with E-state index in [-0.39, 0.29) is 12.4 Å².